The highest BCUT2D eigenvalue weighted by Crippen LogP contribution is 2.37. The molecule has 1 aromatic carbocycles. The van der Waals surface area contributed by atoms with E-state index in [0.29, 0.717) is 18.2 Å². The van der Waals surface area contributed by atoms with Crippen LogP contribution >= 0.6 is 0 Å². The highest BCUT2D eigenvalue weighted by Gasteiger charge is 2.18. The summed E-state index contributed by atoms with van der Waals surface area (Å²) in [6.45, 7) is 4.10. The van der Waals surface area contributed by atoms with E-state index >= 15 is 0 Å². The van der Waals surface area contributed by atoms with Crippen molar-refractivity contribution in [2.45, 2.75) is 19.9 Å². The number of rotatable bonds is 4. The summed E-state index contributed by atoms with van der Waals surface area (Å²) in [5.41, 5.74) is 0. The molecule has 2 aromatic rings. The van der Waals surface area contributed by atoms with Gasteiger partial charge in [0.2, 0.25) is 6.79 Å². The Morgan fingerprint density at radius 3 is 2.95 bits per heavy atom. The molecule has 1 unspecified atom stereocenters. The smallest absolute Gasteiger partial charge is 0.328 e. The maximum absolute atomic E-state index is 11.7. The first-order chi connectivity index (χ1) is 10.2. The molecular formula is C15H16N2O4. The molecule has 0 bridgehead atoms. The number of carbonyl (C=O) groups excluding carboxylic acids is 1. The van der Waals surface area contributed by atoms with Gasteiger partial charge in [-0.15, -0.1) is 0 Å². The first-order valence-electron chi connectivity index (χ1n) is 6.80. The van der Waals surface area contributed by atoms with Gasteiger partial charge in [0.05, 0.1) is 6.61 Å². The Hall–Kier alpha value is -2.50. The van der Waals surface area contributed by atoms with Crippen molar-refractivity contribution < 1.29 is 19.0 Å². The van der Waals surface area contributed by atoms with Gasteiger partial charge in [0.25, 0.3) is 0 Å². The van der Waals surface area contributed by atoms with Crippen molar-refractivity contribution in [2.24, 2.45) is 0 Å². The Kier molecular flexibility index (Phi) is 3.51. The van der Waals surface area contributed by atoms with Crippen LogP contribution in [0.15, 0.2) is 24.4 Å². The first-order valence-corrected chi connectivity index (χ1v) is 6.80. The molecule has 21 heavy (non-hydrogen) atoms. The Morgan fingerprint density at radius 1 is 1.43 bits per heavy atom. The lowest BCUT2D eigenvalue weighted by Crippen LogP contribution is -2.28. The second-order valence-electron chi connectivity index (χ2n) is 4.70. The summed E-state index contributed by atoms with van der Waals surface area (Å²) in [6, 6.07) is 5.18. The van der Waals surface area contributed by atoms with Crippen molar-refractivity contribution in [1.29, 1.82) is 0 Å². The van der Waals surface area contributed by atoms with Crippen LogP contribution in [0.3, 0.4) is 0 Å². The number of nitrogens with zero attached hydrogens (tertiary/aromatic N) is 1. The van der Waals surface area contributed by atoms with Crippen LogP contribution in [0.4, 0.5) is 5.82 Å². The quantitative estimate of drug-likeness (QED) is 0.871. The van der Waals surface area contributed by atoms with Gasteiger partial charge in [0.1, 0.15) is 11.9 Å². The molecule has 2 heterocycles. The number of aromatic nitrogens is 1. The third-order valence-corrected chi connectivity index (χ3v) is 3.25. The maximum Gasteiger partial charge on any atom is 0.328 e. The zero-order chi connectivity index (χ0) is 14.8. The summed E-state index contributed by atoms with van der Waals surface area (Å²) < 4.78 is 15.7. The normalized spacial score (nSPS) is 14.0. The summed E-state index contributed by atoms with van der Waals surface area (Å²) in [4.78, 5) is 16.0. The molecule has 110 valence electrons. The van der Waals surface area contributed by atoms with Gasteiger partial charge in [-0.3, -0.25) is 0 Å². The van der Waals surface area contributed by atoms with Crippen molar-refractivity contribution in [3.05, 3.63) is 24.4 Å². The number of esters is 1. The SMILES string of the molecule is CCOC(=O)C(C)Nc1nccc2cc3c(cc12)OCO3. The average molecular weight is 288 g/mol. The monoisotopic (exact) mass is 288 g/mol. The second-order valence-corrected chi connectivity index (χ2v) is 4.70. The lowest BCUT2D eigenvalue weighted by atomic mass is 10.1. The number of benzene rings is 1. The number of pyridine rings is 1. The van der Waals surface area contributed by atoms with Gasteiger partial charge < -0.3 is 19.5 Å². The van der Waals surface area contributed by atoms with Gasteiger partial charge in [-0.2, -0.15) is 0 Å². The van der Waals surface area contributed by atoms with Crippen molar-refractivity contribution in [3.8, 4) is 11.5 Å². The average Bonchev–Trinajstić information content (AvgIpc) is 2.93. The molecule has 1 aliphatic rings. The van der Waals surface area contributed by atoms with Gasteiger partial charge in [0, 0.05) is 11.6 Å². The van der Waals surface area contributed by atoms with Crippen LogP contribution in [-0.4, -0.2) is 30.4 Å². The van der Waals surface area contributed by atoms with Gasteiger partial charge in [0.15, 0.2) is 11.5 Å². The highest BCUT2D eigenvalue weighted by molar-refractivity contribution is 5.95. The molecule has 1 aromatic heterocycles. The molecule has 0 fully saturated rings. The summed E-state index contributed by atoms with van der Waals surface area (Å²) in [6.07, 6.45) is 1.69. The van der Waals surface area contributed by atoms with E-state index in [9.17, 15) is 4.79 Å². The minimum absolute atomic E-state index is 0.223. The molecule has 0 saturated carbocycles. The number of hydrogen-bond donors (Lipinski definition) is 1. The molecule has 3 rings (SSSR count). The Bertz CT molecular complexity index is 687. The molecule has 6 nitrogen and oxygen atoms in total. The van der Waals surface area contributed by atoms with E-state index in [1.807, 2.05) is 18.2 Å². The van der Waals surface area contributed by atoms with Crippen LogP contribution in [0.5, 0.6) is 11.5 Å². The number of fused-ring (bicyclic) bond motifs is 2. The van der Waals surface area contributed by atoms with Crippen molar-refractivity contribution in [2.75, 3.05) is 18.7 Å². The number of hydrogen-bond acceptors (Lipinski definition) is 6. The highest BCUT2D eigenvalue weighted by atomic mass is 16.7. The third kappa shape index (κ3) is 2.56. The predicted molar refractivity (Wildman–Crippen MR) is 77.6 cm³/mol. The molecule has 0 amide bonds. The number of anilines is 1. The fraction of sp³-hybridized carbons (Fsp3) is 0.333. The maximum atomic E-state index is 11.7. The molecule has 0 saturated heterocycles. The number of ether oxygens (including phenoxy) is 3. The second kappa shape index (κ2) is 5.47. The van der Waals surface area contributed by atoms with Gasteiger partial charge in [-0.1, -0.05) is 0 Å². The zero-order valence-corrected chi connectivity index (χ0v) is 11.9. The lowest BCUT2D eigenvalue weighted by molar-refractivity contribution is -0.143. The fourth-order valence-corrected chi connectivity index (χ4v) is 2.21. The summed E-state index contributed by atoms with van der Waals surface area (Å²) >= 11 is 0. The Balaban J connectivity index is 1.93. The molecule has 0 spiro atoms. The molecule has 1 aliphatic heterocycles. The van der Waals surface area contributed by atoms with Crippen molar-refractivity contribution in [1.82, 2.24) is 4.98 Å². The van der Waals surface area contributed by atoms with E-state index < -0.39 is 6.04 Å². The molecule has 0 radical (unpaired) electrons. The molecule has 1 N–H and O–H groups in total. The zero-order valence-electron chi connectivity index (χ0n) is 11.9. The van der Waals surface area contributed by atoms with Crippen LogP contribution in [0.25, 0.3) is 10.8 Å². The minimum Gasteiger partial charge on any atom is -0.464 e. The number of nitrogens with one attached hydrogen (secondary N) is 1. The van der Waals surface area contributed by atoms with Crippen molar-refractivity contribution >= 4 is 22.6 Å². The largest absolute Gasteiger partial charge is 0.464 e. The Labute approximate surface area is 122 Å². The van der Waals surface area contributed by atoms with Gasteiger partial charge in [-0.05, 0) is 37.4 Å². The topological polar surface area (TPSA) is 69.7 Å². The van der Waals surface area contributed by atoms with E-state index in [0.717, 1.165) is 16.5 Å². The van der Waals surface area contributed by atoms with Crippen LogP contribution in [0.2, 0.25) is 0 Å². The fourth-order valence-electron chi connectivity index (χ4n) is 2.21. The number of carbonyl (C=O) groups is 1. The molecule has 1 atom stereocenters. The molecule has 6 heteroatoms. The lowest BCUT2D eigenvalue weighted by Gasteiger charge is -2.14. The predicted octanol–water partition coefficient (Wildman–Crippen LogP) is 2.33. The van der Waals surface area contributed by atoms with Crippen LogP contribution in [0, 0.1) is 0 Å². The van der Waals surface area contributed by atoms with Gasteiger partial charge in [-0.25, -0.2) is 9.78 Å². The van der Waals surface area contributed by atoms with Crippen molar-refractivity contribution in [3.63, 3.8) is 0 Å². The van der Waals surface area contributed by atoms with Crippen LogP contribution in [0.1, 0.15) is 13.8 Å². The summed E-state index contributed by atoms with van der Waals surface area (Å²) in [7, 11) is 0. The summed E-state index contributed by atoms with van der Waals surface area (Å²) in [5.74, 6) is 1.71. The first kappa shape index (κ1) is 13.5. The van der Waals surface area contributed by atoms with E-state index in [-0.39, 0.29) is 12.8 Å². The van der Waals surface area contributed by atoms with E-state index in [2.05, 4.69) is 10.3 Å². The third-order valence-electron chi connectivity index (χ3n) is 3.25. The summed E-state index contributed by atoms with van der Waals surface area (Å²) in [5, 5.41) is 4.92. The minimum atomic E-state index is -0.478. The standard InChI is InChI=1S/C15H16N2O4/c1-3-19-15(18)9(2)17-14-11-7-13-12(20-8-21-13)6-10(11)4-5-16-14/h4-7,9H,3,8H2,1-2H3,(H,16,17). The van der Waals surface area contributed by atoms with Crippen LogP contribution < -0.4 is 14.8 Å². The van der Waals surface area contributed by atoms with Gasteiger partial charge >= 0.3 is 5.97 Å². The Morgan fingerprint density at radius 2 is 2.19 bits per heavy atom. The van der Waals surface area contributed by atoms with E-state index in [1.165, 1.54) is 0 Å². The molecule has 0 aliphatic carbocycles. The van der Waals surface area contributed by atoms with Crippen LogP contribution in [-0.2, 0) is 9.53 Å². The molecular weight excluding hydrogens is 272 g/mol. The van der Waals surface area contributed by atoms with E-state index in [4.69, 9.17) is 14.2 Å². The van der Waals surface area contributed by atoms with E-state index in [1.54, 1.807) is 20.0 Å².